The molecule has 0 bridgehead atoms. The fourth-order valence-electron chi connectivity index (χ4n) is 3.32. The molecule has 2 saturated carbocycles. The summed E-state index contributed by atoms with van der Waals surface area (Å²) in [4.78, 5) is 12.1. The lowest BCUT2D eigenvalue weighted by Gasteiger charge is -2.40. The summed E-state index contributed by atoms with van der Waals surface area (Å²) in [6.07, 6.45) is 10.2. The monoisotopic (exact) mass is 331 g/mol. The fraction of sp³-hybridized carbons (Fsp3) is 0.933. The van der Waals surface area contributed by atoms with E-state index in [1.165, 1.54) is 38.5 Å². The highest BCUT2D eigenvalue weighted by Crippen LogP contribution is 2.39. The summed E-state index contributed by atoms with van der Waals surface area (Å²) >= 11 is 3.64. The van der Waals surface area contributed by atoms with Crippen molar-refractivity contribution in [2.24, 2.45) is 5.41 Å². The van der Waals surface area contributed by atoms with Crippen LogP contribution in [0.5, 0.6) is 0 Å². The molecular weight excluding hydrogens is 306 g/mol. The zero-order valence-corrected chi connectivity index (χ0v) is 13.6. The van der Waals surface area contributed by atoms with Crippen molar-refractivity contribution in [3.63, 3.8) is 0 Å². The van der Waals surface area contributed by atoms with Crippen molar-refractivity contribution in [3.8, 4) is 0 Å². The number of ether oxygens (including phenoxy) is 1. The number of carbonyl (C=O) groups excluding carboxylic acids is 1. The fourth-order valence-corrected chi connectivity index (χ4v) is 4.08. The summed E-state index contributed by atoms with van der Waals surface area (Å²) in [6.45, 7) is 0.816. The van der Waals surface area contributed by atoms with Crippen molar-refractivity contribution in [1.82, 2.24) is 5.32 Å². The number of rotatable bonds is 6. The van der Waals surface area contributed by atoms with Gasteiger partial charge in [-0.05, 0) is 37.5 Å². The molecule has 1 amide bonds. The first-order valence-corrected chi connectivity index (χ1v) is 8.64. The molecule has 2 fully saturated rings. The Balaban J connectivity index is 1.78. The Morgan fingerprint density at radius 2 is 1.84 bits per heavy atom. The summed E-state index contributed by atoms with van der Waals surface area (Å²) in [6, 6.07) is 0. The zero-order valence-electron chi connectivity index (χ0n) is 12.0. The van der Waals surface area contributed by atoms with Crippen molar-refractivity contribution < 1.29 is 9.53 Å². The highest BCUT2D eigenvalue weighted by molar-refractivity contribution is 9.09. The van der Waals surface area contributed by atoms with Crippen LogP contribution in [0.15, 0.2) is 0 Å². The first-order chi connectivity index (χ1) is 9.14. The van der Waals surface area contributed by atoms with Crippen molar-refractivity contribution >= 4 is 21.8 Å². The van der Waals surface area contributed by atoms with Gasteiger partial charge < -0.3 is 10.1 Å². The van der Waals surface area contributed by atoms with Crippen LogP contribution >= 0.6 is 15.9 Å². The number of nitrogens with one attached hydrogen (secondary N) is 1. The van der Waals surface area contributed by atoms with Gasteiger partial charge in [-0.15, -0.1) is 0 Å². The number of methoxy groups -OCH3 is 1. The predicted molar refractivity (Wildman–Crippen MR) is 80.5 cm³/mol. The second kappa shape index (κ2) is 6.57. The minimum Gasteiger partial charge on any atom is -0.378 e. The van der Waals surface area contributed by atoms with Gasteiger partial charge in [0.25, 0.3) is 0 Å². The molecular formula is C15H26BrNO2. The quantitative estimate of drug-likeness (QED) is 0.757. The van der Waals surface area contributed by atoms with Gasteiger partial charge in [-0.1, -0.05) is 35.2 Å². The Kier molecular flexibility index (Phi) is 5.29. The standard InChI is InChI=1S/C15H26BrNO2/c1-19-15(8-5-9-15)10-13(18)17-12-14(11-16)6-3-2-4-7-14/h2-12H2,1H3,(H,17,18). The van der Waals surface area contributed by atoms with Crippen molar-refractivity contribution in [1.29, 1.82) is 0 Å². The van der Waals surface area contributed by atoms with Gasteiger partial charge in [-0.3, -0.25) is 4.79 Å². The Morgan fingerprint density at radius 1 is 1.16 bits per heavy atom. The van der Waals surface area contributed by atoms with Crippen LogP contribution in [0.2, 0.25) is 0 Å². The van der Waals surface area contributed by atoms with E-state index in [0.29, 0.717) is 6.42 Å². The van der Waals surface area contributed by atoms with Gasteiger partial charge >= 0.3 is 0 Å². The molecule has 0 unspecified atom stereocenters. The van der Waals surface area contributed by atoms with E-state index < -0.39 is 0 Å². The molecule has 4 heteroatoms. The van der Waals surface area contributed by atoms with Crippen LogP contribution < -0.4 is 5.32 Å². The SMILES string of the molecule is COC1(CC(=O)NCC2(CBr)CCCCC2)CCC1. The van der Waals surface area contributed by atoms with E-state index in [4.69, 9.17) is 4.74 Å². The molecule has 0 aromatic heterocycles. The molecule has 0 heterocycles. The molecule has 2 aliphatic carbocycles. The smallest absolute Gasteiger partial charge is 0.222 e. The third-order valence-corrected chi connectivity index (χ3v) is 6.23. The van der Waals surface area contributed by atoms with Crippen LogP contribution in [-0.4, -0.2) is 30.5 Å². The van der Waals surface area contributed by atoms with Crippen LogP contribution in [0.4, 0.5) is 0 Å². The minimum atomic E-state index is -0.155. The van der Waals surface area contributed by atoms with Crippen LogP contribution in [0, 0.1) is 5.41 Å². The van der Waals surface area contributed by atoms with Crippen LogP contribution in [0.25, 0.3) is 0 Å². The van der Waals surface area contributed by atoms with Gasteiger partial charge in [-0.25, -0.2) is 0 Å². The summed E-state index contributed by atoms with van der Waals surface area (Å²) in [5, 5.41) is 4.15. The van der Waals surface area contributed by atoms with E-state index in [9.17, 15) is 4.79 Å². The van der Waals surface area contributed by atoms with Gasteiger partial charge in [-0.2, -0.15) is 0 Å². The molecule has 0 aliphatic heterocycles. The third kappa shape index (κ3) is 3.72. The van der Waals surface area contributed by atoms with E-state index in [2.05, 4.69) is 21.2 Å². The summed E-state index contributed by atoms with van der Waals surface area (Å²) < 4.78 is 5.52. The van der Waals surface area contributed by atoms with E-state index in [0.717, 1.165) is 24.7 Å². The molecule has 0 atom stereocenters. The Morgan fingerprint density at radius 3 is 2.32 bits per heavy atom. The maximum Gasteiger partial charge on any atom is 0.222 e. The lowest BCUT2D eigenvalue weighted by atomic mass is 9.75. The van der Waals surface area contributed by atoms with Gasteiger partial charge in [0, 0.05) is 19.0 Å². The maximum atomic E-state index is 12.1. The number of halogens is 1. The Hall–Kier alpha value is -0.0900. The molecule has 0 spiro atoms. The van der Waals surface area contributed by atoms with Crippen molar-refractivity contribution in [2.75, 3.05) is 19.0 Å². The molecule has 110 valence electrons. The highest BCUT2D eigenvalue weighted by atomic mass is 79.9. The molecule has 3 nitrogen and oxygen atoms in total. The van der Waals surface area contributed by atoms with E-state index >= 15 is 0 Å². The largest absolute Gasteiger partial charge is 0.378 e. The predicted octanol–water partition coefficient (Wildman–Crippen LogP) is 3.41. The van der Waals surface area contributed by atoms with Crippen molar-refractivity contribution in [2.45, 2.75) is 63.4 Å². The highest BCUT2D eigenvalue weighted by Gasteiger charge is 2.39. The second-order valence-electron chi connectivity index (χ2n) is 6.39. The summed E-state index contributed by atoms with van der Waals surface area (Å²) in [5.74, 6) is 0.160. The molecule has 0 radical (unpaired) electrons. The maximum absolute atomic E-state index is 12.1. The van der Waals surface area contributed by atoms with Gasteiger partial charge in [0.2, 0.25) is 5.91 Å². The molecule has 0 aromatic carbocycles. The molecule has 19 heavy (non-hydrogen) atoms. The number of amides is 1. The van der Waals surface area contributed by atoms with E-state index in [1.54, 1.807) is 7.11 Å². The summed E-state index contributed by atoms with van der Waals surface area (Å²) in [7, 11) is 1.73. The lowest BCUT2D eigenvalue weighted by molar-refractivity contribution is -0.134. The normalized spacial score (nSPS) is 24.5. The van der Waals surface area contributed by atoms with Crippen LogP contribution in [-0.2, 0) is 9.53 Å². The molecule has 2 aliphatic rings. The average Bonchev–Trinajstić information content (AvgIpc) is 2.42. The summed E-state index contributed by atoms with van der Waals surface area (Å²) in [5.41, 5.74) is 0.131. The van der Waals surface area contributed by atoms with Gasteiger partial charge in [0.1, 0.15) is 0 Å². The number of hydrogen-bond donors (Lipinski definition) is 1. The topological polar surface area (TPSA) is 38.3 Å². The van der Waals surface area contributed by atoms with E-state index in [1.807, 2.05) is 0 Å². The van der Waals surface area contributed by atoms with Gasteiger partial charge in [0.15, 0.2) is 0 Å². The minimum absolute atomic E-state index is 0.155. The molecule has 2 rings (SSSR count). The number of alkyl halides is 1. The van der Waals surface area contributed by atoms with E-state index in [-0.39, 0.29) is 16.9 Å². The Labute approximate surface area is 125 Å². The first kappa shape index (κ1) is 15.3. The van der Waals surface area contributed by atoms with Crippen LogP contribution in [0.3, 0.4) is 0 Å². The lowest BCUT2D eigenvalue weighted by Crippen LogP contribution is -2.46. The Bertz CT molecular complexity index is 304. The average molecular weight is 332 g/mol. The van der Waals surface area contributed by atoms with Gasteiger partial charge in [0.05, 0.1) is 12.0 Å². The second-order valence-corrected chi connectivity index (χ2v) is 6.95. The molecule has 1 N–H and O–H groups in total. The van der Waals surface area contributed by atoms with Crippen LogP contribution in [0.1, 0.15) is 57.8 Å². The molecule has 0 saturated heterocycles. The third-order valence-electron chi connectivity index (χ3n) is 5.04. The number of hydrogen-bond acceptors (Lipinski definition) is 2. The van der Waals surface area contributed by atoms with Crippen molar-refractivity contribution in [3.05, 3.63) is 0 Å². The first-order valence-electron chi connectivity index (χ1n) is 7.52. The number of carbonyl (C=O) groups is 1. The zero-order chi connectivity index (χ0) is 13.8. The molecule has 0 aromatic rings.